The van der Waals surface area contributed by atoms with Gasteiger partial charge >= 0.3 is 6.03 Å². The molecule has 0 unspecified atom stereocenters. The lowest BCUT2D eigenvalue weighted by Gasteiger charge is -2.38. The first-order valence-electron chi connectivity index (χ1n) is 12.4. The molecule has 1 aromatic heterocycles. The van der Waals surface area contributed by atoms with Crippen molar-refractivity contribution in [1.29, 1.82) is 0 Å². The first kappa shape index (κ1) is 25.9. The summed E-state index contributed by atoms with van der Waals surface area (Å²) in [6.45, 7) is 3.57. The second kappa shape index (κ2) is 11.7. The lowest BCUT2D eigenvalue weighted by molar-refractivity contribution is -0.134. The van der Waals surface area contributed by atoms with E-state index in [2.05, 4.69) is 9.88 Å². The highest BCUT2D eigenvalue weighted by atomic mass is 16.5. The number of nitrogens with zero attached hydrogens (tertiary/aromatic N) is 3. The summed E-state index contributed by atoms with van der Waals surface area (Å²) < 4.78 is 18.4. The maximum atomic E-state index is 13.8. The number of aromatic nitrogens is 1. The molecule has 0 saturated heterocycles. The average molecular weight is 507 g/mol. The minimum atomic E-state index is -0.361. The van der Waals surface area contributed by atoms with Crippen LogP contribution in [-0.4, -0.2) is 67.3 Å². The first-order chi connectivity index (χ1) is 18.0. The number of methoxy groups -OCH3 is 3. The molecule has 3 amide bonds. The minimum absolute atomic E-state index is 0.0485. The maximum Gasteiger partial charge on any atom is 0.322 e. The summed E-state index contributed by atoms with van der Waals surface area (Å²) in [6, 6.07) is 16.2. The molecule has 9 heteroatoms. The zero-order valence-electron chi connectivity index (χ0n) is 21.8. The Hall–Kier alpha value is -4.14. The normalized spacial score (nSPS) is 14.5. The lowest BCUT2D eigenvalue weighted by atomic mass is 9.98. The van der Waals surface area contributed by atoms with Gasteiger partial charge in [0.25, 0.3) is 0 Å². The number of benzene rings is 2. The molecular formula is C28H34N4O5. The van der Waals surface area contributed by atoms with Crippen LogP contribution in [-0.2, 0) is 11.3 Å². The van der Waals surface area contributed by atoms with Crippen LogP contribution in [0.4, 0.5) is 10.5 Å². The molecule has 1 N–H and O–H groups in total. The van der Waals surface area contributed by atoms with E-state index in [4.69, 9.17) is 14.2 Å². The Kier molecular flexibility index (Phi) is 8.22. The van der Waals surface area contributed by atoms with Gasteiger partial charge in [-0.15, -0.1) is 0 Å². The number of carbonyl (C=O) groups excluding carboxylic acids is 2. The molecule has 1 aliphatic rings. The van der Waals surface area contributed by atoms with Gasteiger partial charge in [0.15, 0.2) is 0 Å². The van der Waals surface area contributed by atoms with Crippen molar-refractivity contribution in [2.75, 3.05) is 46.3 Å². The smallest absolute Gasteiger partial charge is 0.322 e. The number of fused-ring (bicyclic) bond motifs is 1. The van der Waals surface area contributed by atoms with E-state index in [0.717, 1.165) is 17.0 Å². The predicted octanol–water partition coefficient (Wildman–Crippen LogP) is 4.39. The van der Waals surface area contributed by atoms with Gasteiger partial charge in [0.05, 0.1) is 21.3 Å². The zero-order valence-corrected chi connectivity index (χ0v) is 21.8. The fourth-order valence-corrected chi connectivity index (χ4v) is 4.73. The van der Waals surface area contributed by atoms with Gasteiger partial charge in [-0.2, -0.15) is 0 Å². The number of amides is 3. The number of urea groups is 1. The van der Waals surface area contributed by atoms with Crippen LogP contribution in [0.2, 0.25) is 0 Å². The van der Waals surface area contributed by atoms with Crippen LogP contribution >= 0.6 is 0 Å². The van der Waals surface area contributed by atoms with Crippen LogP contribution in [0.25, 0.3) is 0 Å². The van der Waals surface area contributed by atoms with E-state index in [1.54, 1.807) is 44.4 Å². The molecule has 0 radical (unpaired) electrons. The van der Waals surface area contributed by atoms with Gasteiger partial charge in [0, 0.05) is 61.0 Å². The zero-order chi connectivity index (χ0) is 26.4. The van der Waals surface area contributed by atoms with Gasteiger partial charge in [0.1, 0.15) is 29.8 Å². The number of ether oxygens (including phenoxy) is 3. The molecule has 3 aromatic rings. The third-order valence-corrected chi connectivity index (χ3v) is 6.50. The molecule has 2 aromatic carbocycles. The van der Waals surface area contributed by atoms with Crippen molar-refractivity contribution in [3.8, 4) is 17.2 Å². The molecule has 196 valence electrons. The van der Waals surface area contributed by atoms with Gasteiger partial charge in [-0.25, -0.2) is 4.79 Å². The molecule has 0 aliphatic carbocycles. The monoisotopic (exact) mass is 506 g/mol. The van der Waals surface area contributed by atoms with E-state index in [9.17, 15) is 9.59 Å². The molecule has 4 rings (SSSR count). The van der Waals surface area contributed by atoms with Gasteiger partial charge < -0.3 is 33.9 Å². The SMILES string of the molecule is CCCN(CC(=O)N1CCn2cccc2[C@H]1c1ccccc1OC)C(=O)Nc1cc(OC)cc(OC)c1. The number of hydrogen-bond acceptors (Lipinski definition) is 5. The number of anilines is 1. The maximum absolute atomic E-state index is 13.8. The molecule has 0 bridgehead atoms. The number of rotatable bonds is 9. The Bertz CT molecular complexity index is 1220. The second-order valence-corrected chi connectivity index (χ2v) is 8.81. The van der Waals surface area contributed by atoms with Crippen molar-refractivity contribution in [2.45, 2.75) is 25.9 Å². The van der Waals surface area contributed by atoms with E-state index >= 15 is 0 Å². The molecular weight excluding hydrogens is 472 g/mol. The Labute approximate surface area is 217 Å². The highest BCUT2D eigenvalue weighted by molar-refractivity contribution is 5.93. The van der Waals surface area contributed by atoms with Crippen LogP contribution in [0.15, 0.2) is 60.8 Å². The highest BCUT2D eigenvalue weighted by Crippen LogP contribution is 2.37. The topological polar surface area (TPSA) is 85.3 Å². The van der Waals surface area contributed by atoms with Crippen molar-refractivity contribution >= 4 is 17.6 Å². The quantitative estimate of drug-likeness (QED) is 0.465. The molecule has 2 heterocycles. The van der Waals surface area contributed by atoms with Crippen LogP contribution in [0.3, 0.4) is 0 Å². The molecule has 0 spiro atoms. The third kappa shape index (κ3) is 5.66. The Morgan fingerprint density at radius 3 is 2.38 bits per heavy atom. The summed E-state index contributed by atoms with van der Waals surface area (Å²) in [4.78, 5) is 30.4. The van der Waals surface area contributed by atoms with Crippen LogP contribution in [0, 0.1) is 0 Å². The Balaban J connectivity index is 1.58. The number of nitrogens with one attached hydrogen (secondary N) is 1. The van der Waals surface area contributed by atoms with Gasteiger partial charge in [-0.1, -0.05) is 25.1 Å². The van der Waals surface area contributed by atoms with Gasteiger partial charge in [0.2, 0.25) is 5.91 Å². The van der Waals surface area contributed by atoms with Crippen molar-refractivity contribution in [3.63, 3.8) is 0 Å². The van der Waals surface area contributed by atoms with Crippen LogP contribution in [0.5, 0.6) is 17.2 Å². The van der Waals surface area contributed by atoms with E-state index in [1.807, 2.05) is 54.4 Å². The van der Waals surface area contributed by atoms with E-state index in [0.29, 0.717) is 43.2 Å². The fraction of sp³-hybridized carbons (Fsp3) is 0.357. The molecule has 0 fully saturated rings. The van der Waals surface area contributed by atoms with Crippen molar-refractivity contribution in [3.05, 3.63) is 72.1 Å². The second-order valence-electron chi connectivity index (χ2n) is 8.81. The number of carbonyl (C=O) groups is 2. The molecule has 0 saturated carbocycles. The summed E-state index contributed by atoms with van der Waals surface area (Å²) >= 11 is 0. The number of hydrogen-bond donors (Lipinski definition) is 1. The summed E-state index contributed by atoms with van der Waals surface area (Å²) in [7, 11) is 4.74. The standard InChI is InChI=1S/C28H34N4O5/c1-5-12-31(28(34)29-20-16-21(35-2)18-22(17-20)36-3)19-26(33)32-15-14-30-13-8-10-24(30)27(32)23-9-6-7-11-25(23)37-4/h6-11,13,16-18,27H,5,12,14-15,19H2,1-4H3,(H,29,34)/t27-/m1/s1. The Morgan fingerprint density at radius 2 is 1.70 bits per heavy atom. The minimum Gasteiger partial charge on any atom is -0.497 e. The predicted molar refractivity (Wildman–Crippen MR) is 141 cm³/mol. The van der Waals surface area contributed by atoms with Crippen LogP contribution in [0.1, 0.15) is 30.6 Å². The molecule has 1 aliphatic heterocycles. The number of para-hydroxylation sites is 1. The molecule has 9 nitrogen and oxygen atoms in total. The molecule has 1 atom stereocenters. The molecule has 37 heavy (non-hydrogen) atoms. The lowest BCUT2D eigenvalue weighted by Crippen LogP contribution is -2.49. The average Bonchev–Trinajstić information content (AvgIpc) is 3.41. The highest BCUT2D eigenvalue weighted by Gasteiger charge is 2.34. The van der Waals surface area contributed by atoms with Crippen molar-refractivity contribution in [2.24, 2.45) is 0 Å². The third-order valence-electron chi connectivity index (χ3n) is 6.50. The summed E-state index contributed by atoms with van der Waals surface area (Å²) in [5, 5.41) is 2.89. The van der Waals surface area contributed by atoms with E-state index < -0.39 is 0 Å². The van der Waals surface area contributed by atoms with Gasteiger partial charge in [-0.3, -0.25) is 4.79 Å². The largest absolute Gasteiger partial charge is 0.497 e. The summed E-state index contributed by atoms with van der Waals surface area (Å²) in [5.41, 5.74) is 2.45. The van der Waals surface area contributed by atoms with Gasteiger partial charge in [-0.05, 0) is 24.6 Å². The van der Waals surface area contributed by atoms with E-state index in [-0.39, 0.29) is 24.5 Å². The fourth-order valence-electron chi connectivity index (χ4n) is 4.73. The van der Waals surface area contributed by atoms with Crippen molar-refractivity contribution < 1.29 is 23.8 Å². The van der Waals surface area contributed by atoms with E-state index in [1.165, 1.54) is 0 Å². The first-order valence-corrected chi connectivity index (χ1v) is 12.4. The summed E-state index contributed by atoms with van der Waals surface area (Å²) in [6.07, 6.45) is 2.74. The summed E-state index contributed by atoms with van der Waals surface area (Å²) in [5.74, 6) is 1.71. The van der Waals surface area contributed by atoms with Crippen molar-refractivity contribution in [1.82, 2.24) is 14.4 Å². The Morgan fingerprint density at radius 1 is 0.973 bits per heavy atom. The van der Waals surface area contributed by atoms with Crippen LogP contribution < -0.4 is 19.5 Å².